The average Bonchev–Trinajstić information content (AvgIpc) is 4.24. The lowest BCUT2D eigenvalue weighted by Crippen LogP contribution is -2.33. The van der Waals surface area contributed by atoms with E-state index in [-0.39, 0.29) is 0 Å². The Morgan fingerprint density at radius 2 is 1.01 bits per heavy atom. The topological polar surface area (TPSA) is 25.6 Å². The zero-order chi connectivity index (χ0) is 46.6. The predicted octanol–water partition coefficient (Wildman–Crippen LogP) is 18.4. The molecule has 1 aliphatic heterocycles. The SMILES string of the molecule is c1ccc(-c2cc(-c3ccccc3)cc(N(c3cc(C4CC5CCC4C5)c4c(c3)C3(c5ccccc5O4)c4ccccc4-c4ccccc43)c3ccc4oc5cccc(-c6ccccc6)c5c4c3)c2)cc1. The molecule has 10 aromatic carbocycles. The Balaban J connectivity index is 1.06. The highest BCUT2D eigenvalue weighted by molar-refractivity contribution is 6.13. The summed E-state index contributed by atoms with van der Waals surface area (Å²) in [5, 5.41) is 2.21. The van der Waals surface area contributed by atoms with Crippen molar-refractivity contribution < 1.29 is 9.15 Å². The molecule has 0 radical (unpaired) electrons. The molecular formula is C68H49NO2. The van der Waals surface area contributed by atoms with E-state index in [9.17, 15) is 0 Å². The monoisotopic (exact) mass is 911 g/mol. The van der Waals surface area contributed by atoms with Gasteiger partial charge in [-0.1, -0.05) is 176 Å². The van der Waals surface area contributed by atoms with Gasteiger partial charge in [-0.15, -0.1) is 0 Å². The third-order valence-corrected chi connectivity index (χ3v) is 16.6. The van der Waals surface area contributed by atoms with Gasteiger partial charge in [0.15, 0.2) is 0 Å². The first-order chi connectivity index (χ1) is 35.2. The van der Waals surface area contributed by atoms with E-state index in [1.165, 1.54) is 81.3 Å². The minimum atomic E-state index is -0.623. The second-order valence-electron chi connectivity index (χ2n) is 20.3. The standard InChI is InChI=1S/C68H49NO2/c1-4-17-44(18-5-1)48-37-49(45-19-6-2-7-20-45)39-51(38-48)69(50-33-34-63-58(40-50)66-53(25-16-30-65(66)70-63)46-21-8-3-9-22-46)52-41-57(56-36-43-31-32-47(56)35-43)67-62(42-52)68(61-28-14-15-29-64(61)71-67)59-26-12-10-23-54(59)55-24-11-13-27-60(55)68/h1-30,33-34,37-43,47,56H,31-32,35-36H2. The van der Waals surface area contributed by atoms with Gasteiger partial charge in [0.1, 0.15) is 22.7 Å². The molecule has 2 saturated carbocycles. The van der Waals surface area contributed by atoms with Crippen molar-refractivity contribution in [2.75, 3.05) is 4.90 Å². The highest BCUT2D eigenvalue weighted by Crippen LogP contribution is 2.65. The molecule has 3 heteroatoms. The van der Waals surface area contributed by atoms with E-state index in [0.717, 1.165) is 73.1 Å². The number of benzene rings is 10. The number of anilines is 3. The first-order valence-electron chi connectivity index (χ1n) is 25.4. The van der Waals surface area contributed by atoms with E-state index in [0.29, 0.717) is 11.8 Å². The molecule has 71 heavy (non-hydrogen) atoms. The van der Waals surface area contributed by atoms with Gasteiger partial charge in [0.25, 0.3) is 0 Å². The van der Waals surface area contributed by atoms with Crippen molar-refractivity contribution in [3.05, 3.63) is 258 Å². The highest BCUT2D eigenvalue weighted by atomic mass is 16.5. The Morgan fingerprint density at radius 3 is 1.68 bits per heavy atom. The van der Waals surface area contributed by atoms with Crippen LogP contribution in [0.2, 0.25) is 0 Å². The molecule has 4 aliphatic rings. The minimum Gasteiger partial charge on any atom is -0.456 e. The Hall–Kier alpha value is -8.40. The van der Waals surface area contributed by atoms with Gasteiger partial charge >= 0.3 is 0 Å². The molecule has 3 unspecified atom stereocenters. The van der Waals surface area contributed by atoms with Gasteiger partial charge in [0.2, 0.25) is 0 Å². The summed E-state index contributed by atoms with van der Waals surface area (Å²) in [5.41, 5.74) is 20.3. The largest absolute Gasteiger partial charge is 0.456 e. The van der Waals surface area contributed by atoms with Crippen molar-refractivity contribution in [2.45, 2.75) is 37.0 Å². The van der Waals surface area contributed by atoms with Crippen LogP contribution < -0.4 is 9.64 Å². The number of ether oxygens (including phenoxy) is 1. The van der Waals surface area contributed by atoms with Crippen molar-refractivity contribution >= 4 is 39.0 Å². The summed E-state index contributed by atoms with van der Waals surface area (Å²) in [6.07, 6.45) is 5.05. The van der Waals surface area contributed by atoms with Crippen molar-refractivity contribution in [1.29, 1.82) is 0 Å². The zero-order valence-corrected chi connectivity index (χ0v) is 39.3. The van der Waals surface area contributed by atoms with E-state index in [4.69, 9.17) is 9.15 Å². The molecule has 3 nitrogen and oxygen atoms in total. The van der Waals surface area contributed by atoms with Gasteiger partial charge in [0, 0.05) is 44.5 Å². The van der Waals surface area contributed by atoms with Gasteiger partial charge in [-0.05, 0) is 153 Å². The van der Waals surface area contributed by atoms with Crippen LogP contribution >= 0.6 is 0 Å². The van der Waals surface area contributed by atoms with Crippen LogP contribution in [0.15, 0.2) is 235 Å². The Morgan fingerprint density at radius 1 is 0.408 bits per heavy atom. The van der Waals surface area contributed by atoms with Crippen LogP contribution in [0.25, 0.3) is 66.4 Å². The molecule has 3 atom stereocenters. The van der Waals surface area contributed by atoms with Crippen LogP contribution in [0, 0.1) is 11.8 Å². The van der Waals surface area contributed by atoms with E-state index < -0.39 is 5.41 Å². The smallest absolute Gasteiger partial charge is 0.136 e. The van der Waals surface area contributed by atoms with Crippen molar-refractivity contribution in [1.82, 2.24) is 0 Å². The molecule has 2 heterocycles. The molecule has 0 amide bonds. The van der Waals surface area contributed by atoms with Crippen LogP contribution in [-0.2, 0) is 5.41 Å². The fourth-order valence-electron chi connectivity index (χ4n) is 13.6. The number of para-hydroxylation sites is 1. The molecule has 0 saturated heterocycles. The first-order valence-corrected chi connectivity index (χ1v) is 25.4. The normalized spacial score (nSPS) is 17.7. The Bertz CT molecular complexity index is 3790. The van der Waals surface area contributed by atoms with E-state index >= 15 is 0 Å². The summed E-state index contributed by atoms with van der Waals surface area (Å²) >= 11 is 0. The van der Waals surface area contributed by atoms with Crippen LogP contribution in [0.1, 0.15) is 59.4 Å². The van der Waals surface area contributed by atoms with Gasteiger partial charge in [0.05, 0.1) is 5.41 Å². The Kier molecular flexibility index (Phi) is 9.02. The maximum Gasteiger partial charge on any atom is 0.136 e. The second-order valence-corrected chi connectivity index (χ2v) is 20.3. The lowest BCUT2D eigenvalue weighted by molar-refractivity contribution is 0.387. The van der Waals surface area contributed by atoms with Crippen LogP contribution in [0.3, 0.4) is 0 Å². The molecule has 2 bridgehead atoms. The van der Waals surface area contributed by atoms with Crippen molar-refractivity contribution in [2.24, 2.45) is 11.8 Å². The van der Waals surface area contributed by atoms with Gasteiger partial charge in [-0.3, -0.25) is 0 Å². The number of hydrogen-bond acceptors (Lipinski definition) is 3. The summed E-state index contributed by atoms with van der Waals surface area (Å²) in [6.45, 7) is 0. The van der Waals surface area contributed by atoms with E-state index in [2.05, 4.69) is 235 Å². The molecule has 338 valence electrons. The van der Waals surface area contributed by atoms with Crippen molar-refractivity contribution in [3.63, 3.8) is 0 Å². The molecular weight excluding hydrogens is 863 g/mol. The van der Waals surface area contributed by atoms with Gasteiger partial charge < -0.3 is 14.1 Å². The van der Waals surface area contributed by atoms with Crippen molar-refractivity contribution in [3.8, 4) is 56.0 Å². The molecule has 11 aromatic rings. The van der Waals surface area contributed by atoms with Crippen LogP contribution in [-0.4, -0.2) is 0 Å². The second kappa shape index (κ2) is 15.8. The van der Waals surface area contributed by atoms with Gasteiger partial charge in [-0.2, -0.15) is 0 Å². The molecule has 1 aromatic heterocycles. The average molecular weight is 912 g/mol. The third-order valence-electron chi connectivity index (χ3n) is 16.6. The summed E-state index contributed by atoms with van der Waals surface area (Å²) in [6, 6.07) is 85.0. The minimum absolute atomic E-state index is 0.378. The molecule has 3 aliphatic carbocycles. The van der Waals surface area contributed by atoms with E-state index in [1.807, 2.05) is 0 Å². The lowest BCUT2D eigenvalue weighted by atomic mass is 9.65. The molecule has 2 fully saturated rings. The van der Waals surface area contributed by atoms with E-state index in [1.54, 1.807) is 0 Å². The van der Waals surface area contributed by atoms with Crippen LogP contribution in [0.4, 0.5) is 17.1 Å². The number of furan rings is 1. The number of fused-ring (bicyclic) bond motifs is 14. The molecule has 1 spiro atoms. The number of nitrogens with zero attached hydrogens (tertiary/aromatic N) is 1. The van der Waals surface area contributed by atoms with Gasteiger partial charge in [-0.25, -0.2) is 0 Å². The number of hydrogen-bond donors (Lipinski definition) is 0. The number of rotatable bonds is 7. The fourth-order valence-corrected chi connectivity index (χ4v) is 13.6. The molecule has 15 rings (SSSR count). The first kappa shape index (κ1) is 40.5. The predicted molar refractivity (Wildman–Crippen MR) is 290 cm³/mol. The highest BCUT2D eigenvalue weighted by Gasteiger charge is 2.53. The summed E-state index contributed by atoms with van der Waals surface area (Å²) < 4.78 is 14.2. The summed E-state index contributed by atoms with van der Waals surface area (Å²) in [5.74, 6) is 3.70. The third kappa shape index (κ3) is 6.15. The maximum absolute atomic E-state index is 7.47. The summed E-state index contributed by atoms with van der Waals surface area (Å²) in [4.78, 5) is 2.54. The zero-order valence-electron chi connectivity index (χ0n) is 39.3. The van der Waals surface area contributed by atoms with Crippen LogP contribution in [0.5, 0.6) is 11.5 Å². The summed E-state index contributed by atoms with van der Waals surface area (Å²) in [7, 11) is 0. The lowest BCUT2D eigenvalue weighted by Gasteiger charge is -2.42. The maximum atomic E-state index is 7.47. The fraction of sp³-hybridized carbons (Fsp3) is 0.118. The quantitative estimate of drug-likeness (QED) is 0.159. The molecule has 0 N–H and O–H groups in total. The Labute approximate surface area is 414 Å².